The van der Waals surface area contributed by atoms with E-state index in [0.717, 1.165) is 64.2 Å². The number of likely N-dealkylation sites (N-methyl/N-ethyl adjacent to an activating group) is 1. The fraction of sp³-hybridized carbons (Fsp3) is 0.640. The van der Waals surface area contributed by atoms with Gasteiger partial charge in [-0.05, 0) is 31.2 Å². The second-order valence-electron chi connectivity index (χ2n) is 9.37. The molecule has 4 rings (SSSR count). The molecule has 0 spiro atoms. The minimum atomic E-state index is -0.604. The summed E-state index contributed by atoms with van der Waals surface area (Å²) in [7, 11) is 1.60. The summed E-state index contributed by atoms with van der Waals surface area (Å²) in [6, 6.07) is 9.04. The molecule has 0 unspecified atom stereocenters. The molecule has 3 fully saturated rings. The smallest absolute Gasteiger partial charge is 0.410 e. The van der Waals surface area contributed by atoms with Crippen molar-refractivity contribution < 1.29 is 23.9 Å². The quantitative estimate of drug-likeness (QED) is 0.599. The lowest BCUT2D eigenvalue weighted by molar-refractivity contribution is -0.146. The van der Waals surface area contributed by atoms with Crippen LogP contribution in [0.25, 0.3) is 0 Å². The molecule has 3 amide bonds. The maximum absolute atomic E-state index is 13.2. The van der Waals surface area contributed by atoms with Crippen molar-refractivity contribution in [3.05, 3.63) is 35.9 Å². The van der Waals surface area contributed by atoms with Gasteiger partial charge in [-0.2, -0.15) is 0 Å². The van der Waals surface area contributed by atoms with E-state index in [2.05, 4.69) is 4.90 Å². The number of rotatable bonds is 7. The first-order valence-corrected chi connectivity index (χ1v) is 12.3. The van der Waals surface area contributed by atoms with Gasteiger partial charge < -0.3 is 19.3 Å². The largest absolute Gasteiger partial charge is 0.445 e. The number of benzene rings is 1. The van der Waals surface area contributed by atoms with Crippen molar-refractivity contribution in [3.8, 4) is 0 Å². The number of morpholine rings is 1. The number of nitrogens with zero attached hydrogens (tertiary/aromatic N) is 4. The van der Waals surface area contributed by atoms with Crippen LogP contribution in [0.3, 0.4) is 0 Å². The van der Waals surface area contributed by atoms with Crippen LogP contribution >= 0.6 is 0 Å². The minimum absolute atomic E-state index is 0.000864. The van der Waals surface area contributed by atoms with Gasteiger partial charge in [-0.1, -0.05) is 30.3 Å². The van der Waals surface area contributed by atoms with E-state index in [-0.39, 0.29) is 31.0 Å². The Labute approximate surface area is 201 Å². The number of piperidine rings is 1. The first kappa shape index (κ1) is 24.5. The Balaban J connectivity index is 1.29. The van der Waals surface area contributed by atoms with Gasteiger partial charge in [-0.25, -0.2) is 4.79 Å². The summed E-state index contributed by atoms with van der Waals surface area (Å²) >= 11 is 0. The molecule has 2 atom stereocenters. The molecule has 0 radical (unpaired) electrons. The normalized spacial score (nSPS) is 23.7. The number of carbonyl (C=O) groups is 3. The zero-order chi connectivity index (χ0) is 23.9. The molecule has 1 aromatic rings. The van der Waals surface area contributed by atoms with Crippen molar-refractivity contribution in [2.45, 2.75) is 44.4 Å². The predicted molar refractivity (Wildman–Crippen MR) is 126 cm³/mol. The fourth-order valence-electron chi connectivity index (χ4n) is 5.07. The number of hydrogen-bond donors (Lipinski definition) is 0. The maximum atomic E-state index is 13.2. The van der Waals surface area contributed by atoms with Crippen LogP contribution in [0.2, 0.25) is 0 Å². The lowest BCUT2D eigenvalue weighted by Gasteiger charge is -2.37. The van der Waals surface area contributed by atoms with Crippen molar-refractivity contribution >= 4 is 17.9 Å². The van der Waals surface area contributed by atoms with Crippen molar-refractivity contribution in [1.82, 2.24) is 19.6 Å². The zero-order valence-corrected chi connectivity index (χ0v) is 20.1. The summed E-state index contributed by atoms with van der Waals surface area (Å²) in [5.41, 5.74) is 0.892. The Bertz CT molecular complexity index is 845. The van der Waals surface area contributed by atoms with Gasteiger partial charge in [0.2, 0.25) is 11.8 Å². The Hall–Kier alpha value is -2.65. The fourth-order valence-corrected chi connectivity index (χ4v) is 5.07. The van der Waals surface area contributed by atoms with E-state index < -0.39 is 12.1 Å². The summed E-state index contributed by atoms with van der Waals surface area (Å²) in [4.78, 5) is 46.2. The molecule has 0 aliphatic carbocycles. The van der Waals surface area contributed by atoms with E-state index in [1.54, 1.807) is 11.9 Å². The molecule has 9 heteroatoms. The van der Waals surface area contributed by atoms with Crippen molar-refractivity contribution in [2.24, 2.45) is 0 Å². The molecule has 0 bridgehead atoms. The second-order valence-corrected chi connectivity index (χ2v) is 9.37. The minimum Gasteiger partial charge on any atom is -0.445 e. The molecule has 9 nitrogen and oxygen atoms in total. The Kier molecular flexibility index (Phi) is 8.39. The highest BCUT2D eigenvalue weighted by Gasteiger charge is 2.37. The molecule has 0 N–H and O–H groups in total. The standard InChI is InChI=1S/C25H36N4O5/c1-26(25(32)34-19-20-7-3-2-4-8-20)22-10-6-11-28(24(22)31)18-23(30)29-12-5-9-21(29)17-27-13-15-33-16-14-27/h2-4,7-8,21-22H,5-6,9-19H2,1H3/t21-,22+/m0/s1. The van der Waals surface area contributed by atoms with Gasteiger partial charge in [0.05, 0.1) is 19.8 Å². The summed E-state index contributed by atoms with van der Waals surface area (Å²) in [6.07, 6.45) is 2.78. The van der Waals surface area contributed by atoms with Gasteiger partial charge >= 0.3 is 6.09 Å². The third kappa shape index (κ3) is 6.07. The number of carbonyl (C=O) groups excluding carboxylic acids is 3. The highest BCUT2D eigenvalue weighted by Crippen LogP contribution is 2.22. The number of likely N-dealkylation sites (tertiary alicyclic amines) is 2. The monoisotopic (exact) mass is 472 g/mol. The Morgan fingerprint density at radius 2 is 1.79 bits per heavy atom. The van der Waals surface area contributed by atoms with Crippen LogP contribution in [0, 0.1) is 0 Å². The Morgan fingerprint density at radius 3 is 2.56 bits per heavy atom. The van der Waals surface area contributed by atoms with Crippen LogP contribution in [-0.2, 0) is 25.7 Å². The topological polar surface area (TPSA) is 82.6 Å². The molecule has 0 aromatic heterocycles. The van der Waals surface area contributed by atoms with Crippen LogP contribution in [0.4, 0.5) is 4.79 Å². The van der Waals surface area contributed by atoms with Crippen LogP contribution in [-0.4, -0.2) is 109 Å². The van der Waals surface area contributed by atoms with Gasteiger partial charge in [0, 0.05) is 45.8 Å². The third-order valence-corrected chi connectivity index (χ3v) is 7.06. The van der Waals surface area contributed by atoms with Gasteiger partial charge in [-0.15, -0.1) is 0 Å². The van der Waals surface area contributed by atoms with Gasteiger partial charge in [-0.3, -0.25) is 19.4 Å². The zero-order valence-electron chi connectivity index (χ0n) is 20.1. The van der Waals surface area contributed by atoms with E-state index in [1.807, 2.05) is 35.2 Å². The van der Waals surface area contributed by atoms with E-state index in [4.69, 9.17) is 9.47 Å². The van der Waals surface area contributed by atoms with E-state index in [9.17, 15) is 14.4 Å². The average Bonchev–Trinajstić information content (AvgIpc) is 3.33. The van der Waals surface area contributed by atoms with Gasteiger partial charge in [0.25, 0.3) is 0 Å². The first-order valence-electron chi connectivity index (χ1n) is 12.3. The van der Waals surface area contributed by atoms with E-state index in [0.29, 0.717) is 13.0 Å². The molecule has 3 heterocycles. The average molecular weight is 473 g/mol. The molecule has 3 aliphatic heterocycles. The highest BCUT2D eigenvalue weighted by molar-refractivity contribution is 5.90. The molecule has 3 saturated heterocycles. The lowest BCUT2D eigenvalue weighted by Crippen LogP contribution is -2.56. The summed E-state index contributed by atoms with van der Waals surface area (Å²) in [5, 5.41) is 0. The van der Waals surface area contributed by atoms with Crippen LogP contribution in [0.15, 0.2) is 30.3 Å². The van der Waals surface area contributed by atoms with Crippen molar-refractivity contribution in [1.29, 1.82) is 0 Å². The molecular weight excluding hydrogens is 436 g/mol. The summed E-state index contributed by atoms with van der Waals surface area (Å²) in [5.74, 6) is -0.179. The molecular formula is C25H36N4O5. The van der Waals surface area contributed by atoms with Crippen molar-refractivity contribution in [2.75, 3.05) is 59.5 Å². The van der Waals surface area contributed by atoms with Crippen LogP contribution in [0.5, 0.6) is 0 Å². The third-order valence-electron chi connectivity index (χ3n) is 7.06. The Morgan fingerprint density at radius 1 is 1.06 bits per heavy atom. The predicted octanol–water partition coefficient (Wildman–Crippen LogP) is 1.57. The number of amides is 3. The molecule has 1 aromatic carbocycles. The maximum Gasteiger partial charge on any atom is 0.410 e. The van der Waals surface area contributed by atoms with Gasteiger partial charge in [0.1, 0.15) is 12.6 Å². The molecule has 34 heavy (non-hydrogen) atoms. The van der Waals surface area contributed by atoms with Crippen LogP contribution < -0.4 is 0 Å². The summed E-state index contributed by atoms with van der Waals surface area (Å²) in [6.45, 7) is 5.66. The number of ether oxygens (including phenoxy) is 2. The van der Waals surface area contributed by atoms with Gasteiger partial charge in [0.15, 0.2) is 0 Å². The molecule has 3 aliphatic rings. The SMILES string of the molecule is CN(C(=O)OCc1ccccc1)[C@@H]1CCCN(CC(=O)N2CCC[C@H]2CN2CCOCC2)C1=O. The second kappa shape index (κ2) is 11.7. The van der Waals surface area contributed by atoms with Crippen LogP contribution in [0.1, 0.15) is 31.2 Å². The van der Waals surface area contributed by atoms with E-state index >= 15 is 0 Å². The first-order chi connectivity index (χ1) is 16.5. The molecule has 186 valence electrons. The van der Waals surface area contributed by atoms with Crippen molar-refractivity contribution in [3.63, 3.8) is 0 Å². The highest BCUT2D eigenvalue weighted by atomic mass is 16.6. The lowest BCUT2D eigenvalue weighted by atomic mass is 10.0. The summed E-state index contributed by atoms with van der Waals surface area (Å²) < 4.78 is 10.8. The number of hydrogen-bond acceptors (Lipinski definition) is 6. The molecule has 0 saturated carbocycles. The van der Waals surface area contributed by atoms with E-state index in [1.165, 1.54) is 4.90 Å².